The zero-order valence-corrected chi connectivity index (χ0v) is 16.0. The van der Waals surface area contributed by atoms with Gasteiger partial charge in [-0.15, -0.1) is 0 Å². The Kier molecular flexibility index (Phi) is 7.23. The van der Waals surface area contributed by atoms with E-state index in [9.17, 15) is 26.4 Å². The standard InChI is InChI=1S/C15H19F3N2O5S2/c1-26-7-4-11(14(21)19-9-15(16,17)18)20-27(22,23)10-2-3-12-13(8-10)25-6-5-24-12/h2-3,8,11,20H,4-7,9H2,1H3,(H,19,21). The Labute approximate surface area is 159 Å². The van der Waals surface area contributed by atoms with Gasteiger partial charge in [0.2, 0.25) is 15.9 Å². The molecule has 1 aliphatic heterocycles. The summed E-state index contributed by atoms with van der Waals surface area (Å²) in [5.41, 5.74) is 0. The Hall–Kier alpha value is -1.66. The molecule has 0 fully saturated rings. The van der Waals surface area contributed by atoms with Crippen molar-refractivity contribution in [3.8, 4) is 11.5 Å². The molecule has 0 bridgehead atoms. The van der Waals surface area contributed by atoms with E-state index in [0.717, 1.165) is 0 Å². The lowest BCUT2D eigenvalue weighted by atomic mass is 10.2. The maximum atomic E-state index is 12.6. The number of carbonyl (C=O) groups excluding carboxylic acids is 1. The van der Waals surface area contributed by atoms with Gasteiger partial charge in [0.1, 0.15) is 25.8 Å². The molecular weight excluding hydrogens is 409 g/mol. The molecule has 1 aromatic rings. The normalized spacial score (nSPS) is 15.3. The molecule has 152 valence electrons. The molecular formula is C15H19F3N2O5S2. The topological polar surface area (TPSA) is 93.7 Å². The minimum Gasteiger partial charge on any atom is -0.486 e. The van der Waals surface area contributed by atoms with E-state index in [-0.39, 0.29) is 23.7 Å². The van der Waals surface area contributed by atoms with E-state index in [1.165, 1.54) is 30.0 Å². The van der Waals surface area contributed by atoms with Crippen LogP contribution in [0, 0.1) is 0 Å². The predicted octanol–water partition coefficient (Wildman–Crippen LogP) is 1.54. The van der Waals surface area contributed by atoms with Crippen molar-refractivity contribution < 1.29 is 35.9 Å². The third-order valence-electron chi connectivity index (χ3n) is 3.51. The van der Waals surface area contributed by atoms with Crippen molar-refractivity contribution in [3.63, 3.8) is 0 Å². The highest BCUT2D eigenvalue weighted by Gasteiger charge is 2.31. The summed E-state index contributed by atoms with van der Waals surface area (Å²) in [5.74, 6) is -0.0239. The number of hydrogen-bond acceptors (Lipinski definition) is 6. The number of alkyl halides is 3. The molecule has 2 rings (SSSR count). The monoisotopic (exact) mass is 428 g/mol. The number of benzene rings is 1. The van der Waals surface area contributed by atoms with Crippen molar-refractivity contribution in [2.75, 3.05) is 31.8 Å². The zero-order chi connectivity index (χ0) is 20.1. The van der Waals surface area contributed by atoms with Crippen LogP contribution in [-0.2, 0) is 14.8 Å². The number of thioether (sulfide) groups is 1. The third kappa shape index (κ3) is 6.47. The first-order chi connectivity index (χ1) is 12.6. The van der Waals surface area contributed by atoms with Gasteiger partial charge < -0.3 is 14.8 Å². The first kappa shape index (κ1) is 21.6. The molecule has 0 saturated heterocycles. The summed E-state index contributed by atoms with van der Waals surface area (Å²) in [4.78, 5) is 11.9. The van der Waals surface area contributed by atoms with Crippen LogP contribution in [0.15, 0.2) is 23.1 Å². The van der Waals surface area contributed by atoms with Crippen LogP contribution in [0.4, 0.5) is 13.2 Å². The maximum absolute atomic E-state index is 12.6. The molecule has 1 aromatic carbocycles. The Bertz CT molecular complexity index is 771. The predicted molar refractivity (Wildman–Crippen MR) is 93.6 cm³/mol. The van der Waals surface area contributed by atoms with E-state index in [1.807, 2.05) is 0 Å². The summed E-state index contributed by atoms with van der Waals surface area (Å²) in [5, 5.41) is 1.71. The number of hydrogen-bond donors (Lipinski definition) is 2. The lowest BCUT2D eigenvalue weighted by Gasteiger charge is -2.21. The van der Waals surface area contributed by atoms with Crippen LogP contribution in [0.25, 0.3) is 0 Å². The van der Waals surface area contributed by atoms with Crippen LogP contribution in [-0.4, -0.2) is 58.3 Å². The maximum Gasteiger partial charge on any atom is 0.405 e. The highest BCUT2D eigenvalue weighted by molar-refractivity contribution is 7.98. The van der Waals surface area contributed by atoms with Crippen molar-refractivity contribution in [1.29, 1.82) is 0 Å². The zero-order valence-electron chi connectivity index (χ0n) is 14.3. The molecule has 1 atom stereocenters. The van der Waals surface area contributed by atoms with E-state index in [4.69, 9.17) is 9.47 Å². The van der Waals surface area contributed by atoms with E-state index < -0.39 is 34.7 Å². The van der Waals surface area contributed by atoms with Gasteiger partial charge in [-0.05, 0) is 30.6 Å². The van der Waals surface area contributed by atoms with Gasteiger partial charge in [-0.25, -0.2) is 8.42 Å². The smallest absolute Gasteiger partial charge is 0.405 e. The Balaban J connectivity index is 2.15. The van der Waals surface area contributed by atoms with E-state index in [0.29, 0.717) is 18.1 Å². The molecule has 1 unspecified atom stereocenters. The summed E-state index contributed by atoms with van der Waals surface area (Å²) in [6.07, 6.45) is -2.82. The van der Waals surface area contributed by atoms with Crippen LogP contribution in [0.3, 0.4) is 0 Å². The van der Waals surface area contributed by atoms with E-state index in [1.54, 1.807) is 11.6 Å². The summed E-state index contributed by atoms with van der Waals surface area (Å²) in [6.45, 7) is -0.930. The van der Waals surface area contributed by atoms with Crippen LogP contribution in [0.2, 0.25) is 0 Å². The van der Waals surface area contributed by atoms with E-state index in [2.05, 4.69) is 4.72 Å². The Morgan fingerprint density at radius 3 is 2.56 bits per heavy atom. The van der Waals surface area contributed by atoms with Gasteiger partial charge in [-0.3, -0.25) is 4.79 Å². The second kappa shape index (κ2) is 9.02. The summed E-state index contributed by atoms with van der Waals surface area (Å²) in [7, 11) is -4.16. The highest BCUT2D eigenvalue weighted by Crippen LogP contribution is 2.32. The molecule has 0 aromatic heterocycles. The van der Waals surface area contributed by atoms with Crippen LogP contribution >= 0.6 is 11.8 Å². The molecule has 1 heterocycles. The van der Waals surface area contributed by atoms with Crippen molar-refractivity contribution in [2.24, 2.45) is 0 Å². The van der Waals surface area contributed by atoms with Gasteiger partial charge in [0.25, 0.3) is 0 Å². The molecule has 0 spiro atoms. The number of carbonyl (C=O) groups is 1. The number of sulfonamides is 1. The molecule has 1 amide bonds. The number of nitrogens with one attached hydrogen (secondary N) is 2. The lowest BCUT2D eigenvalue weighted by molar-refractivity contribution is -0.139. The fourth-order valence-electron chi connectivity index (χ4n) is 2.24. The molecule has 12 heteroatoms. The molecule has 0 radical (unpaired) electrons. The number of halogens is 3. The van der Waals surface area contributed by atoms with Gasteiger partial charge >= 0.3 is 6.18 Å². The number of rotatable bonds is 8. The average molecular weight is 428 g/mol. The minimum absolute atomic E-state index is 0.0363. The molecule has 27 heavy (non-hydrogen) atoms. The van der Waals surface area contributed by atoms with Gasteiger partial charge in [0.15, 0.2) is 11.5 Å². The number of amides is 1. The summed E-state index contributed by atoms with van der Waals surface area (Å²) < 4.78 is 74.9. The summed E-state index contributed by atoms with van der Waals surface area (Å²) >= 11 is 1.34. The third-order valence-corrected chi connectivity index (χ3v) is 5.62. The number of ether oxygens (including phenoxy) is 2. The molecule has 7 nitrogen and oxygen atoms in total. The van der Waals surface area contributed by atoms with Gasteiger partial charge in [0, 0.05) is 6.07 Å². The fraction of sp³-hybridized carbons (Fsp3) is 0.533. The fourth-order valence-corrected chi connectivity index (χ4v) is 3.95. The molecule has 1 aliphatic rings. The quantitative estimate of drug-likeness (QED) is 0.653. The lowest BCUT2D eigenvalue weighted by Crippen LogP contribution is -2.49. The first-order valence-electron chi connectivity index (χ1n) is 7.88. The van der Waals surface area contributed by atoms with Crippen LogP contribution < -0.4 is 19.5 Å². The molecule has 2 N–H and O–H groups in total. The second-order valence-electron chi connectivity index (χ2n) is 5.59. The number of fused-ring (bicyclic) bond motifs is 1. The van der Waals surface area contributed by atoms with Gasteiger partial charge in [-0.1, -0.05) is 0 Å². The minimum atomic E-state index is -4.59. The molecule has 0 saturated carbocycles. The molecule has 0 aliphatic carbocycles. The largest absolute Gasteiger partial charge is 0.486 e. The SMILES string of the molecule is CSCCC(NS(=O)(=O)c1ccc2c(c1)OCCO2)C(=O)NCC(F)(F)F. The van der Waals surface area contributed by atoms with Crippen molar-refractivity contribution in [2.45, 2.75) is 23.5 Å². The average Bonchev–Trinajstić information content (AvgIpc) is 2.62. The van der Waals surface area contributed by atoms with E-state index >= 15 is 0 Å². The summed E-state index contributed by atoms with van der Waals surface area (Å²) in [6, 6.07) is 2.60. The van der Waals surface area contributed by atoms with Crippen LogP contribution in [0.1, 0.15) is 6.42 Å². The first-order valence-corrected chi connectivity index (χ1v) is 10.8. The Morgan fingerprint density at radius 2 is 1.93 bits per heavy atom. The highest BCUT2D eigenvalue weighted by atomic mass is 32.2. The second-order valence-corrected chi connectivity index (χ2v) is 8.29. The van der Waals surface area contributed by atoms with Crippen molar-refractivity contribution in [1.82, 2.24) is 10.0 Å². The van der Waals surface area contributed by atoms with Crippen LogP contribution in [0.5, 0.6) is 11.5 Å². The van der Waals surface area contributed by atoms with Gasteiger partial charge in [0.05, 0.1) is 4.90 Å². The van der Waals surface area contributed by atoms with Crippen molar-refractivity contribution in [3.05, 3.63) is 18.2 Å². The van der Waals surface area contributed by atoms with Gasteiger partial charge in [-0.2, -0.15) is 29.7 Å². The Morgan fingerprint density at radius 1 is 1.26 bits per heavy atom. The van der Waals surface area contributed by atoms with Crippen molar-refractivity contribution >= 4 is 27.7 Å².